The van der Waals surface area contributed by atoms with Crippen molar-refractivity contribution in [1.82, 2.24) is 5.32 Å². The van der Waals surface area contributed by atoms with Crippen molar-refractivity contribution in [3.63, 3.8) is 0 Å². The number of methoxy groups -OCH3 is 1. The van der Waals surface area contributed by atoms with E-state index in [2.05, 4.69) is 5.32 Å². The Morgan fingerprint density at radius 1 is 1.22 bits per heavy atom. The van der Waals surface area contributed by atoms with Crippen LogP contribution in [0.1, 0.15) is 12.0 Å². The summed E-state index contributed by atoms with van der Waals surface area (Å²) in [6.07, 6.45) is 0.188. The molecule has 7 heteroatoms. The first kappa shape index (κ1) is 17.7. The molecule has 2 aromatic carbocycles. The smallest absolute Gasteiger partial charge is 0.237 e. The predicted octanol–water partition coefficient (Wildman–Crippen LogP) is 4.61. The number of thioether (sulfide) groups is 1. The van der Waals surface area contributed by atoms with Crippen LogP contribution in [0.3, 0.4) is 0 Å². The van der Waals surface area contributed by atoms with Crippen molar-refractivity contribution in [2.75, 3.05) is 12.0 Å². The first-order chi connectivity index (χ1) is 13.1. The number of rotatable bonds is 3. The van der Waals surface area contributed by atoms with Crippen molar-refractivity contribution >= 4 is 46.5 Å². The van der Waals surface area contributed by atoms with E-state index in [4.69, 9.17) is 21.7 Å². The van der Waals surface area contributed by atoms with Crippen LogP contribution in [-0.2, 0) is 4.79 Å². The van der Waals surface area contributed by atoms with E-state index < -0.39 is 0 Å². The third-order valence-electron chi connectivity index (χ3n) is 4.37. The van der Waals surface area contributed by atoms with Crippen LogP contribution in [0.2, 0.25) is 5.02 Å². The van der Waals surface area contributed by atoms with Crippen LogP contribution >= 0.6 is 23.4 Å². The molecule has 4 rings (SSSR count). The fraction of sp³-hybridized carbons (Fsp3) is 0.100. The minimum atomic E-state index is -0.127. The van der Waals surface area contributed by atoms with Crippen LogP contribution in [-0.4, -0.2) is 18.9 Å². The number of carbonyl (C=O) groups excluding carboxylic acids is 1. The Morgan fingerprint density at radius 2 is 2.00 bits per heavy atom. The zero-order valence-corrected chi connectivity index (χ0v) is 16.0. The Hall–Kier alpha value is -2.70. The Balaban J connectivity index is 1.59. The van der Waals surface area contributed by atoms with Gasteiger partial charge in [-0.15, -0.1) is 0 Å². The maximum atomic E-state index is 12.6. The topological polar surface area (TPSA) is 65.4 Å². The lowest BCUT2D eigenvalue weighted by atomic mass is 10.1. The molecule has 1 saturated heterocycles. The Morgan fingerprint density at radius 3 is 2.74 bits per heavy atom. The van der Waals surface area contributed by atoms with Crippen LogP contribution in [0, 0.1) is 5.41 Å². The quantitative estimate of drug-likeness (QED) is 0.793. The number of hydrogen-bond donors (Lipinski definition) is 2. The Kier molecular flexibility index (Phi) is 4.68. The van der Waals surface area contributed by atoms with Gasteiger partial charge in [-0.25, -0.2) is 0 Å². The molecule has 2 aliphatic rings. The third kappa shape index (κ3) is 3.34. The summed E-state index contributed by atoms with van der Waals surface area (Å²) in [5, 5.41) is 15.3. The first-order valence-corrected chi connectivity index (χ1v) is 9.51. The first-order valence-electron chi connectivity index (χ1n) is 8.25. The number of nitrogens with one attached hydrogen (secondary N) is 2. The number of nitrogens with zero attached hydrogens (tertiary/aromatic N) is 1. The van der Waals surface area contributed by atoms with Gasteiger partial charge in [-0.05, 0) is 29.8 Å². The molecule has 1 amide bonds. The molecule has 0 unspecified atom stereocenters. The zero-order valence-electron chi connectivity index (χ0n) is 14.5. The van der Waals surface area contributed by atoms with Gasteiger partial charge in [0.15, 0.2) is 0 Å². The van der Waals surface area contributed by atoms with Gasteiger partial charge in [0, 0.05) is 22.1 Å². The van der Waals surface area contributed by atoms with Crippen LogP contribution in [0.5, 0.6) is 5.75 Å². The van der Waals surface area contributed by atoms with Crippen molar-refractivity contribution in [2.24, 2.45) is 0 Å². The molecule has 0 atom stereocenters. The van der Waals surface area contributed by atoms with Gasteiger partial charge in [-0.1, -0.05) is 41.6 Å². The Bertz CT molecular complexity index is 999. The number of anilines is 1. The van der Waals surface area contributed by atoms with E-state index in [0.717, 1.165) is 16.3 Å². The lowest BCUT2D eigenvalue weighted by Gasteiger charge is -2.17. The van der Waals surface area contributed by atoms with Crippen molar-refractivity contribution in [3.05, 3.63) is 75.1 Å². The molecule has 0 aromatic heterocycles. The lowest BCUT2D eigenvalue weighted by molar-refractivity contribution is -0.116. The monoisotopic (exact) mass is 397 g/mol. The van der Waals surface area contributed by atoms with Gasteiger partial charge >= 0.3 is 0 Å². The van der Waals surface area contributed by atoms with Gasteiger partial charge in [-0.2, -0.15) is 0 Å². The summed E-state index contributed by atoms with van der Waals surface area (Å²) < 4.78 is 5.23. The summed E-state index contributed by atoms with van der Waals surface area (Å²) in [4.78, 5) is 14.0. The van der Waals surface area contributed by atoms with Crippen molar-refractivity contribution in [1.29, 1.82) is 5.41 Å². The number of ether oxygens (including phenoxy) is 1. The molecule has 2 aliphatic heterocycles. The van der Waals surface area contributed by atoms with E-state index in [1.165, 1.54) is 16.7 Å². The average molecular weight is 398 g/mol. The molecule has 136 valence electrons. The van der Waals surface area contributed by atoms with E-state index in [1.54, 1.807) is 19.2 Å². The maximum absolute atomic E-state index is 12.6. The molecular formula is C20H16ClN3O2S. The van der Waals surface area contributed by atoms with E-state index in [9.17, 15) is 4.79 Å². The van der Waals surface area contributed by atoms with Gasteiger partial charge < -0.3 is 10.1 Å². The molecule has 2 aromatic rings. The number of halogens is 1. The Labute approximate surface area is 166 Å². The summed E-state index contributed by atoms with van der Waals surface area (Å²) in [7, 11) is 1.58. The summed E-state index contributed by atoms with van der Waals surface area (Å²) in [6, 6.07) is 14.7. The third-order valence-corrected chi connectivity index (χ3v) is 5.56. The van der Waals surface area contributed by atoms with Gasteiger partial charge in [0.05, 0.1) is 29.9 Å². The van der Waals surface area contributed by atoms with Crippen LogP contribution in [0.4, 0.5) is 5.69 Å². The molecule has 1 fully saturated rings. The molecule has 0 aliphatic carbocycles. The van der Waals surface area contributed by atoms with Crippen molar-refractivity contribution < 1.29 is 9.53 Å². The fourth-order valence-corrected chi connectivity index (χ4v) is 4.04. The van der Waals surface area contributed by atoms with E-state index >= 15 is 0 Å². The summed E-state index contributed by atoms with van der Waals surface area (Å²) >= 11 is 7.43. The molecule has 0 spiro atoms. The van der Waals surface area contributed by atoms with Gasteiger partial charge in [0.1, 0.15) is 11.6 Å². The largest absolute Gasteiger partial charge is 0.497 e. The molecular weight excluding hydrogens is 382 g/mol. The number of benzene rings is 2. The predicted molar refractivity (Wildman–Crippen MR) is 110 cm³/mol. The molecule has 2 heterocycles. The van der Waals surface area contributed by atoms with Crippen LogP contribution in [0.25, 0.3) is 5.70 Å². The van der Waals surface area contributed by atoms with Gasteiger partial charge in [0.2, 0.25) is 5.91 Å². The molecule has 0 radical (unpaired) electrons. The highest BCUT2D eigenvalue weighted by Gasteiger charge is 2.35. The van der Waals surface area contributed by atoms with Gasteiger partial charge in [-0.3, -0.25) is 15.1 Å². The highest BCUT2D eigenvalue weighted by atomic mass is 35.5. The second-order valence-corrected chi connectivity index (χ2v) is 7.36. The standard InChI is InChI=1S/C20H16ClN3O2S/c1-26-15-4-2-3-14(9-15)24-18(25)10-16(19(24)22)20-23-17(11-27-20)12-5-7-13(21)8-6-12/h2-9,11,22-23H,10H2,1H3. The molecule has 2 N–H and O–H groups in total. The highest BCUT2D eigenvalue weighted by Crippen LogP contribution is 2.37. The maximum Gasteiger partial charge on any atom is 0.237 e. The summed E-state index contributed by atoms with van der Waals surface area (Å²) in [5.41, 5.74) is 3.25. The molecule has 27 heavy (non-hydrogen) atoms. The number of hydrogen-bond acceptors (Lipinski definition) is 5. The molecule has 0 bridgehead atoms. The molecule has 0 saturated carbocycles. The number of amides is 1. The average Bonchev–Trinajstić information content (AvgIpc) is 3.27. The number of amidine groups is 1. The minimum Gasteiger partial charge on any atom is -0.497 e. The van der Waals surface area contributed by atoms with Crippen molar-refractivity contribution in [3.8, 4) is 5.75 Å². The van der Waals surface area contributed by atoms with E-state index in [0.29, 0.717) is 22.0 Å². The van der Waals surface area contributed by atoms with Gasteiger partial charge in [0.25, 0.3) is 0 Å². The SMILES string of the molecule is COc1cccc(N2C(=N)C(=C3NC(c4ccc(Cl)cc4)=CS3)CC2=O)c1. The van der Waals surface area contributed by atoms with E-state index in [1.807, 2.05) is 41.8 Å². The van der Waals surface area contributed by atoms with Crippen molar-refractivity contribution in [2.45, 2.75) is 6.42 Å². The number of carbonyl (C=O) groups is 1. The summed E-state index contributed by atoms with van der Waals surface area (Å²) in [6.45, 7) is 0. The van der Waals surface area contributed by atoms with Crippen LogP contribution in [0.15, 0.2) is 64.5 Å². The fourth-order valence-electron chi connectivity index (χ4n) is 3.00. The zero-order chi connectivity index (χ0) is 19.0. The van der Waals surface area contributed by atoms with Crippen LogP contribution < -0.4 is 15.0 Å². The second kappa shape index (κ2) is 7.13. The van der Waals surface area contributed by atoms with E-state index in [-0.39, 0.29) is 18.2 Å². The molecule has 5 nitrogen and oxygen atoms in total. The second-order valence-electron chi connectivity index (χ2n) is 6.04. The lowest BCUT2D eigenvalue weighted by Crippen LogP contribution is -2.28. The highest BCUT2D eigenvalue weighted by molar-refractivity contribution is 8.06. The minimum absolute atomic E-state index is 0.127. The normalized spacial score (nSPS) is 19.3. The summed E-state index contributed by atoms with van der Waals surface area (Å²) in [5.74, 6) is 0.710.